The number of carboxylic acids is 2. The summed E-state index contributed by atoms with van der Waals surface area (Å²) in [5.41, 5.74) is 2.79. The number of nitrogens with zero attached hydrogens (tertiary/aromatic N) is 1. The summed E-state index contributed by atoms with van der Waals surface area (Å²) >= 11 is 0. The highest BCUT2D eigenvalue weighted by atomic mass is 16.5. The first-order chi connectivity index (χ1) is 18.5. The van der Waals surface area contributed by atoms with Gasteiger partial charge in [-0.15, -0.1) is 0 Å². The second-order valence-corrected chi connectivity index (χ2v) is 12.9. The summed E-state index contributed by atoms with van der Waals surface area (Å²) in [5.74, 6) is -1.02. The molecule has 2 aromatic rings. The minimum Gasteiger partial charge on any atom is -0.496 e. The molecule has 2 N–H and O–H groups in total. The van der Waals surface area contributed by atoms with Crippen LogP contribution < -0.4 is 4.74 Å². The predicted octanol–water partition coefficient (Wildman–Crippen LogP) is 7.50. The molecule has 4 aliphatic rings. The third-order valence-electron chi connectivity index (χ3n) is 10.3. The average Bonchev–Trinajstić information content (AvgIpc) is 3.50. The van der Waals surface area contributed by atoms with Crippen molar-refractivity contribution in [1.29, 1.82) is 0 Å². The number of carbonyl (C=O) groups is 2. The van der Waals surface area contributed by atoms with Gasteiger partial charge in [0.2, 0.25) is 0 Å². The Morgan fingerprint density at radius 2 is 1.82 bits per heavy atom. The lowest BCUT2D eigenvalue weighted by Gasteiger charge is -2.40. The number of fused-ring (bicyclic) bond motifs is 6. The second kappa shape index (κ2) is 8.61. The smallest absolute Gasteiger partial charge is 0.319 e. The summed E-state index contributed by atoms with van der Waals surface area (Å²) in [4.78, 5) is 26.3. The van der Waals surface area contributed by atoms with Gasteiger partial charge in [-0.2, -0.15) is 0 Å². The fourth-order valence-corrected chi connectivity index (χ4v) is 8.22. The van der Waals surface area contributed by atoms with E-state index in [9.17, 15) is 19.8 Å². The van der Waals surface area contributed by atoms with Crippen LogP contribution in [-0.2, 0) is 9.59 Å². The first-order valence-electron chi connectivity index (χ1n) is 14.4. The molecular weight excluding hydrogens is 490 g/mol. The Hall–Kier alpha value is -3.28. The van der Waals surface area contributed by atoms with Crippen LogP contribution in [0.25, 0.3) is 17.1 Å². The highest BCUT2D eigenvalue weighted by Gasteiger charge is 2.70. The fraction of sp³-hybridized carbons (Fsp3) is 0.515. The van der Waals surface area contributed by atoms with E-state index >= 15 is 0 Å². The Balaban J connectivity index is 1.75. The number of rotatable bonds is 5. The normalized spacial score (nSPS) is 28.3. The summed E-state index contributed by atoms with van der Waals surface area (Å²) < 4.78 is 8.01. The highest BCUT2D eigenvalue weighted by Crippen LogP contribution is 2.72. The second-order valence-electron chi connectivity index (χ2n) is 12.9. The molecule has 1 aromatic heterocycles. The molecule has 6 heteroatoms. The lowest BCUT2D eigenvalue weighted by molar-refractivity contribution is -0.150. The van der Waals surface area contributed by atoms with E-state index in [1.807, 2.05) is 52.1 Å². The van der Waals surface area contributed by atoms with Gasteiger partial charge >= 0.3 is 11.9 Å². The summed E-state index contributed by atoms with van der Waals surface area (Å²) in [6.07, 6.45) is 12.7. The molecule has 2 saturated carbocycles. The number of aromatic nitrogens is 1. The van der Waals surface area contributed by atoms with Crippen LogP contribution in [0, 0.1) is 16.2 Å². The van der Waals surface area contributed by atoms with Crippen LogP contribution >= 0.6 is 0 Å². The molecule has 0 saturated heterocycles. The Morgan fingerprint density at radius 3 is 2.41 bits per heavy atom. The molecule has 0 bridgehead atoms. The van der Waals surface area contributed by atoms with Crippen LogP contribution in [-0.4, -0.2) is 33.8 Å². The molecule has 206 valence electrons. The Kier molecular flexibility index (Phi) is 5.73. The standard InChI is InChI=1S/C33H39NO5/c1-6-32(29(35)36)16-10-13-21-26-23(33(26,30(37)38)31(2,3)4)18-34-24(27(21)32)17-22-25(39-5)15-14-20(28(22)34)19-11-8-7-9-12-19/h10,13-15,17-19,27H,6-9,11-12,16H2,1-5H3,(H,35,36)(H,37,38)/t27-,32+,33?/m1/s1. The number of carboxylic acid groups (broad SMARTS) is 2. The number of ether oxygens (including phenoxy) is 1. The number of aliphatic carboxylic acids is 2. The maximum atomic E-state index is 13.1. The summed E-state index contributed by atoms with van der Waals surface area (Å²) in [6, 6.07) is 6.34. The van der Waals surface area contributed by atoms with E-state index in [-0.39, 0.29) is 0 Å². The fourth-order valence-electron chi connectivity index (χ4n) is 8.22. The van der Waals surface area contributed by atoms with Crippen molar-refractivity contribution in [1.82, 2.24) is 4.57 Å². The first kappa shape index (κ1) is 26.0. The number of methoxy groups -OCH3 is 1. The third-order valence-corrected chi connectivity index (χ3v) is 10.3. The van der Waals surface area contributed by atoms with Crippen molar-refractivity contribution in [3.05, 3.63) is 58.3 Å². The van der Waals surface area contributed by atoms with Crippen molar-refractivity contribution in [3.63, 3.8) is 0 Å². The molecule has 6 nitrogen and oxygen atoms in total. The molecule has 1 unspecified atom stereocenters. The van der Waals surface area contributed by atoms with Crippen LogP contribution in [0.4, 0.5) is 0 Å². The van der Waals surface area contributed by atoms with E-state index in [4.69, 9.17) is 4.74 Å². The molecule has 2 fully saturated rings. The molecule has 1 aromatic carbocycles. The molecule has 0 amide bonds. The maximum absolute atomic E-state index is 13.1. The zero-order chi connectivity index (χ0) is 27.9. The summed E-state index contributed by atoms with van der Waals surface area (Å²) in [7, 11) is 1.67. The zero-order valence-electron chi connectivity index (χ0n) is 23.6. The van der Waals surface area contributed by atoms with E-state index in [1.165, 1.54) is 24.8 Å². The number of benzene rings is 1. The minimum atomic E-state index is -1.17. The van der Waals surface area contributed by atoms with Gasteiger partial charge in [0.05, 0.1) is 18.0 Å². The van der Waals surface area contributed by atoms with Gasteiger partial charge in [-0.3, -0.25) is 9.59 Å². The van der Waals surface area contributed by atoms with E-state index < -0.39 is 34.1 Å². The van der Waals surface area contributed by atoms with Crippen molar-refractivity contribution < 1.29 is 24.5 Å². The lowest BCUT2D eigenvalue weighted by atomic mass is 9.62. The molecule has 6 rings (SSSR count). The predicted molar refractivity (Wildman–Crippen MR) is 152 cm³/mol. The third kappa shape index (κ3) is 3.26. The van der Waals surface area contributed by atoms with Crippen molar-refractivity contribution in [2.75, 3.05) is 7.11 Å². The van der Waals surface area contributed by atoms with E-state index in [0.717, 1.165) is 51.9 Å². The summed E-state index contributed by atoms with van der Waals surface area (Å²) in [6.45, 7) is 7.86. The van der Waals surface area contributed by atoms with Crippen LogP contribution in [0.1, 0.15) is 95.7 Å². The Bertz CT molecular complexity index is 1490. The van der Waals surface area contributed by atoms with Crippen molar-refractivity contribution in [2.24, 2.45) is 16.2 Å². The van der Waals surface area contributed by atoms with Gasteiger partial charge in [-0.05, 0) is 71.4 Å². The monoisotopic (exact) mass is 529 g/mol. The molecule has 3 atom stereocenters. The highest BCUT2D eigenvalue weighted by molar-refractivity contribution is 6.02. The molecule has 1 aliphatic heterocycles. The van der Waals surface area contributed by atoms with Crippen molar-refractivity contribution in [2.45, 2.75) is 84.5 Å². The van der Waals surface area contributed by atoms with Crippen LogP contribution in [0.5, 0.6) is 5.75 Å². The van der Waals surface area contributed by atoms with Gasteiger partial charge in [0, 0.05) is 23.2 Å². The lowest BCUT2D eigenvalue weighted by Crippen LogP contribution is -2.40. The van der Waals surface area contributed by atoms with Gasteiger partial charge in [-0.25, -0.2) is 0 Å². The van der Waals surface area contributed by atoms with Gasteiger partial charge in [0.15, 0.2) is 0 Å². The number of hydrogen-bond acceptors (Lipinski definition) is 3. The van der Waals surface area contributed by atoms with E-state index in [1.54, 1.807) is 7.11 Å². The van der Waals surface area contributed by atoms with Crippen molar-refractivity contribution >= 4 is 29.0 Å². The molecule has 2 heterocycles. The zero-order valence-corrected chi connectivity index (χ0v) is 23.6. The molecular formula is C33H39NO5. The number of hydrogen-bond donors (Lipinski definition) is 2. The van der Waals surface area contributed by atoms with Crippen LogP contribution in [0.2, 0.25) is 0 Å². The maximum Gasteiger partial charge on any atom is 0.319 e. The quantitative estimate of drug-likeness (QED) is 0.419. The number of allylic oxidation sites excluding steroid dienone is 3. The van der Waals surface area contributed by atoms with Crippen molar-refractivity contribution in [3.8, 4) is 5.75 Å². The summed E-state index contributed by atoms with van der Waals surface area (Å²) in [5, 5.41) is 22.5. The Labute approximate surface area is 230 Å². The van der Waals surface area contributed by atoms with E-state index in [0.29, 0.717) is 18.8 Å². The van der Waals surface area contributed by atoms with Crippen LogP contribution in [0.15, 0.2) is 47.1 Å². The molecule has 0 radical (unpaired) electrons. The van der Waals surface area contributed by atoms with Gasteiger partial charge < -0.3 is 19.5 Å². The molecule has 0 spiro atoms. The van der Waals surface area contributed by atoms with Gasteiger partial charge in [0.25, 0.3) is 0 Å². The molecule has 39 heavy (non-hydrogen) atoms. The van der Waals surface area contributed by atoms with Gasteiger partial charge in [0.1, 0.15) is 11.2 Å². The largest absolute Gasteiger partial charge is 0.496 e. The molecule has 3 aliphatic carbocycles. The van der Waals surface area contributed by atoms with Crippen LogP contribution in [0.3, 0.4) is 0 Å². The average molecular weight is 530 g/mol. The van der Waals surface area contributed by atoms with Gasteiger partial charge in [-0.1, -0.05) is 65.2 Å². The Morgan fingerprint density at radius 1 is 1.10 bits per heavy atom. The SMILES string of the molecule is CC[C@]1(C(=O)O)CC=CC2=C3C(=Cn4c(cc5c(OC)ccc(C6CCCCC6)c54)[C@@H]21)C3(C(=O)O)C(C)(C)C. The topological polar surface area (TPSA) is 88.8 Å². The minimum absolute atomic E-state index is 0.402. The first-order valence-corrected chi connectivity index (χ1v) is 14.4. The van der Waals surface area contributed by atoms with E-state index in [2.05, 4.69) is 16.7 Å².